The number of carbonyl (C=O) groups excluding carboxylic acids is 1. The van der Waals surface area contributed by atoms with Crippen LogP contribution in [0.25, 0.3) is 5.69 Å². The number of hydrogen-bond donors (Lipinski definition) is 0. The van der Waals surface area contributed by atoms with E-state index in [0.29, 0.717) is 31.1 Å². The number of halogens is 1. The van der Waals surface area contributed by atoms with Crippen LogP contribution in [0.1, 0.15) is 30.7 Å². The predicted molar refractivity (Wildman–Crippen MR) is 110 cm³/mol. The van der Waals surface area contributed by atoms with E-state index in [1.165, 1.54) is 12.1 Å². The summed E-state index contributed by atoms with van der Waals surface area (Å²) in [6.45, 7) is 5.42. The second-order valence-corrected chi connectivity index (χ2v) is 7.46. The van der Waals surface area contributed by atoms with Gasteiger partial charge < -0.3 is 4.90 Å². The van der Waals surface area contributed by atoms with Crippen LogP contribution in [0.3, 0.4) is 0 Å². The van der Waals surface area contributed by atoms with Crippen molar-refractivity contribution < 1.29 is 9.18 Å². The summed E-state index contributed by atoms with van der Waals surface area (Å²) in [4.78, 5) is 17.2. The van der Waals surface area contributed by atoms with Crippen molar-refractivity contribution in [1.82, 2.24) is 30.0 Å². The Kier molecular flexibility index (Phi) is 6.13. The van der Waals surface area contributed by atoms with E-state index in [1.54, 1.807) is 16.8 Å². The largest absolute Gasteiger partial charge is 0.340 e. The Hall–Kier alpha value is -3.13. The fourth-order valence-electron chi connectivity index (χ4n) is 3.90. The molecule has 1 aromatic heterocycles. The molecule has 30 heavy (non-hydrogen) atoms. The molecule has 1 unspecified atom stereocenters. The zero-order valence-electron chi connectivity index (χ0n) is 17.0. The van der Waals surface area contributed by atoms with E-state index in [0.717, 1.165) is 25.1 Å². The van der Waals surface area contributed by atoms with Crippen molar-refractivity contribution in [3.8, 4) is 5.69 Å². The molecule has 0 bridgehead atoms. The highest BCUT2D eigenvalue weighted by Crippen LogP contribution is 2.23. The number of carbonyl (C=O) groups is 1. The summed E-state index contributed by atoms with van der Waals surface area (Å²) in [6.07, 6.45) is 0.783. The summed E-state index contributed by atoms with van der Waals surface area (Å²) < 4.78 is 15.1. The standard InChI is InChI=1S/C22H25FN6O/c1-2-20(17-7-4-3-5-8-17)22(30)28-13-11-27(12-14-28)16-21-24-25-26-29(21)19-10-6-9-18(23)15-19/h3-10,15,20H,2,11-14,16H2,1H3. The maximum atomic E-state index is 13.6. The average molecular weight is 408 g/mol. The van der Waals surface area contributed by atoms with Crippen molar-refractivity contribution >= 4 is 5.91 Å². The first-order chi connectivity index (χ1) is 14.7. The van der Waals surface area contributed by atoms with Crippen LogP contribution in [-0.2, 0) is 11.3 Å². The number of aromatic nitrogens is 4. The summed E-state index contributed by atoms with van der Waals surface area (Å²) in [5.41, 5.74) is 1.67. The number of tetrazole rings is 1. The van der Waals surface area contributed by atoms with Gasteiger partial charge in [0, 0.05) is 26.2 Å². The Bertz CT molecular complexity index is 984. The van der Waals surface area contributed by atoms with Crippen molar-refractivity contribution in [1.29, 1.82) is 0 Å². The molecule has 1 aliphatic heterocycles. The topological polar surface area (TPSA) is 67.2 Å². The monoisotopic (exact) mass is 408 g/mol. The van der Waals surface area contributed by atoms with E-state index in [-0.39, 0.29) is 17.6 Å². The van der Waals surface area contributed by atoms with Gasteiger partial charge in [-0.2, -0.15) is 4.68 Å². The molecule has 156 valence electrons. The lowest BCUT2D eigenvalue weighted by Crippen LogP contribution is -2.49. The van der Waals surface area contributed by atoms with Gasteiger partial charge >= 0.3 is 0 Å². The third-order valence-corrected chi connectivity index (χ3v) is 5.54. The normalized spacial score (nSPS) is 15.9. The Morgan fingerprint density at radius 2 is 1.83 bits per heavy atom. The fraction of sp³-hybridized carbons (Fsp3) is 0.364. The third-order valence-electron chi connectivity index (χ3n) is 5.54. The Morgan fingerprint density at radius 3 is 2.53 bits per heavy atom. The second-order valence-electron chi connectivity index (χ2n) is 7.46. The first-order valence-electron chi connectivity index (χ1n) is 10.2. The molecule has 1 fully saturated rings. The molecule has 2 aromatic carbocycles. The van der Waals surface area contributed by atoms with Crippen LogP contribution >= 0.6 is 0 Å². The maximum Gasteiger partial charge on any atom is 0.230 e. The second kappa shape index (κ2) is 9.13. The van der Waals surface area contributed by atoms with E-state index in [2.05, 4.69) is 27.3 Å². The van der Waals surface area contributed by atoms with E-state index in [9.17, 15) is 9.18 Å². The first-order valence-corrected chi connectivity index (χ1v) is 10.2. The highest BCUT2D eigenvalue weighted by Gasteiger charge is 2.28. The number of benzene rings is 2. The van der Waals surface area contributed by atoms with Crippen molar-refractivity contribution in [3.05, 3.63) is 71.8 Å². The molecule has 8 heteroatoms. The first kappa shape index (κ1) is 20.2. The Morgan fingerprint density at radius 1 is 1.07 bits per heavy atom. The molecule has 7 nitrogen and oxygen atoms in total. The van der Waals surface area contributed by atoms with Crippen molar-refractivity contribution in [3.63, 3.8) is 0 Å². The molecular formula is C22H25FN6O. The number of piperazine rings is 1. The van der Waals surface area contributed by atoms with Gasteiger partial charge in [0.15, 0.2) is 5.82 Å². The number of nitrogens with zero attached hydrogens (tertiary/aromatic N) is 6. The van der Waals surface area contributed by atoms with Crippen molar-refractivity contribution in [2.45, 2.75) is 25.8 Å². The predicted octanol–water partition coefficient (Wildman–Crippen LogP) is 2.64. The minimum Gasteiger partial charge on any atom is -0.340 e. The van der Waals surface area contributed by atoms with E-state index in [4.69, 9.17) is 0 Å². The van der Waals surface area contributed by atoms with Gasteiger partial charge in [-0.05, 0) is 40.6 Å². The van der Waals surface area contributed by atoms with Crippen LogP contribution in [-0.4, -0.2) is 62.1 Å². The quantitative estimate of drug-likeness (QED) is 0.627. The Labute approximate surface area is 175 Å². The molecule has 1 atom stereocenters. The molecule has 2 heterocycles. The molecule has 1 saturated heterocycles. The molecule has 0 spiro atoms. The summed E-state index contributed by atoms with van der Waals surface area (Å²) in [5, 5.41) is 11.9. The van der Waals surface area contributed by atoms with Gasteiger partial charge in [-0.1, -0.05) is 43.3 Å². The zero-order chi connectivity index (χ0) is 20.9. The summed E-state index contributed by atoms with van der Waals surface area (Å²) in [5.74, 6) is 0.409. The van der Waals surface area contributed by atoms with Gasteiger partial charge in [0.25, 0.3) is 0 Å². The molecule has 0 N–H and O–H groups in total. The number of rotatable bonds is 6. The van der Waals surface area contributed by atoms with Gasteiger partial charge in [0.2, 0.25) is 5.91 Å². The summed E-state index contributed by atoms with van der Waals surface area (Å²) in [7, 11) is 0. The SMILES string of the molecule is CCC(C(=O)N1CCN(Cc2nnnn2-c2cccc(F)c2)CC1)c1ccccc1. The minimum absolute atomic E-state index is 0.0991. The van der Waals surface area contributed by atoms with Crippen LogP contribution < -0.4 is 0 Å². The van der Waals surface area contributed by atoms with Crippen molar-refractivity contribution in [2.24, 2.45) is 0 Å². The number of amides is 1. The smallest absolute Gasteiger partial charge is 0.230 e. The molecule has 0 aliphatic carbocycles. The summed E-state index contributed by atoms with van der Waals surface area (Å²) >= 11 is 0. The lowest BCUT2D eigenvalue weighted by Gasteiger charge is -2.36. The molecule has 0 radical (unpaired) electrons. The highest BCUT2D eigenvalue weighted by molar-refractivity contribution is 5.83. The van der Waals surface area contributed by atoms with Gasteiger partial charge in [-0.15, -0.1) is 5.10 Å². The number of hydrogen-bond acceptors (Lipinski definition) is 5. The lowest BCUT2D eigenvalue weighted by molar-refractivity contribution is -0.134. The molecular weight excluding hydrogens is 383 g/mol. The Balaban J connectivity index is 1.38. The lowest BCUT2D eigenvalue weighted by atomic mass is 9.95. The minimum atomic E-state index is -0.329. The van der Waals surface area contributed by atoms with Gasteiger partial charge in [-0.3, -0.25) is 9.69 Å². The van der Waals surface area contributed by atoms with Gasteiger partial charge in [0.1, 0.15) is 5.82 Å². The zero-order valence-corrected chi connectivity index (χ0v) is 17.0. The van der Waals surface area contributed by atoms with Gasteiger partial charge in [0.05, 0.1) is 18.2 Å². The molecule has 3 aromatic rings. The van der Waals surface area contributed by atoms with Crippen molar-refractivity contribution in [2.75, 3.05) is 26.2 Å². The molecule has 4 rings (SSSR count). The average Bonchev–Trinajstić information content (AvgIpc) is 3.23. The molecule has 1 amide bonds. The van der Waals surface area contributed by atoms with E-state index in [1.807, 2.05) is 35.2 Å². The van der Waals surface area contributed by atoms with E-state index < -0.39 is 0 Å². The molecule has 0 saturated carbocycles. The van der Waals surface area contributed by atoms with Crippen LogP contribution in [0.15, 0.2) is 54.6 Å². The van der Waals surface area contributed by atoms with Gasteiger partial charge in [-0.25, -0.2) is 4.39 Å². The highest BCUT2D eigenvalue weighted by atomic mass is 19.1. The van der Waals surface area contributed by atoms with Crippen LogP contribution in [0.2, 0.25) is 0 Å². The molecule has 1 aliphatic rings. The van der Waals surface area contributed by atoms with E-state index >= 15 is 0 Å². The van der Waals surface area contributed by atoms with Crippen LogP contribution in [0.5, 0.6) is 0 Å². The fourth-order valence-corrected chi connectivity index (χ4v) is 3.90. The summed E-state index contributed by atoms with van der Waals surface area (Å²) in [6, 6.07) is 16.2. The van der Waals surface area contributed by atoms with Crippen LogP contribution in [0.4, 0.5) is 4.39 Å². The van der Waals surface area contributed by atoms with Crippen LogP contribution in [0, 0.1) is 5.82 Å². The third kappa shape index (κ3) is 4.38. The maximum absolute atomic E-state index is 13.6.